The number of methoxy groups -OCH3 is 1. The van der Waals surface area contributed by atoms with Gasteiger partial charge in [-0.15, -0.1) is 0 Å². The molecule has 0 radical (unpaired) electrons. The van der Waals surface area contributed by atoms with Gasteiger partial charge in [-0.05, 0) is 37.5 Å². The first kappa shape index (κ1) is 21.8. The van der Waals surface area contributed by atoms with Gasteiger partial charge in [-0.25, -0.2) is 0 Å². The Balaban J connectivity index is 1.50. The third kappa shape index (κ3) is 6.07. The molecule has 6 nitrogen and oxygen atoms in total. The van der Waals surface area contributed by atoms with Crippen LogP contribution in [-0.2, 0) is 9.47 Å². The Bertz CT molecular complexity index is 481. The van der Waals surface area contributed by atoms with E-state index >= 15 is 0 Å². The molecule has 0 unspecified atom stereocenters. The summed E-state index contributed by atoms with van der Waals surface area (Å²) >= 11 is 0. The molecule has 2 aliphatic carbocycles. The molecule has 0 amide bonds. The SMILES string of the molecule is CN=C(NCC1(CCOC)CCC1)NCC1(CN2CCOCC2)CCCCC1. The van der Waals surface area contributed by atoms with Gasteiger partial charge in [-0.1, -0.05) is 25.7 Å². The van der Waals surface area contributed by atoms with Crippen molar-refractivity contribution in [3.63, 3.8) is 0 Å². The molecule has 1 heterocycles. The molecule has 0 spiro atoms. The van der Waals surface area contributed by atoms with Crippen LogP contribution in [-0.4, -0.2) is 77.6 Å². The van der Waals surface area contributed by atoms with Crippen molar-refractivity contribution in [3.8, 4) is 0 Å². The summed E-state index contributed by atoms with van der Waals surface area (Å²) in [6.07, 6.45) is 11.9. The van der Waals surface area contributed by atoms with E-state index in [1.165, 1.54) is 57.9 Å². The molecular formula is C22H42N4O2. The Hall–Kier alpha value is -0.850. The average molecular weight is 395 g/mol. The molecular weight excluding hydrogens is 352 g/mol. The Kier molecular flexibility index (Phi) is 8.42. The molecule has 0 aromatic carbocycles. The molecule has 3 fully saturated rings. The summed E-state index contributed by atoms with van der Waals surface area (Å²) in [6, 6.07) is 0. The highest BCUT2D eigenvalue weighted by Crippen LogP contribution is 2.43. The first-order chi connectivity index (χ1) is 13.7. The van der Waals surface area contributed by atoms with Crippen LogP contribution in [0.2, 0.25) is 0 Å². The van der Waals surface area contributed by atoms with Gasteiger partial charge in [0.1, 0.15) is 0 Å². The molecule has 28 heavy (non-hydrogen) atoms. The van der Waals surface area contributed by atoms with Crippen LogP contribution in [0.3, 0.4) is 0 Å². The second-order valence-corrected chi connectivity index (χ2v) is 9.32. The first-order valence-corrected chi connectivity index (χ1v) is 11.4. The lowest BCUT2D eigenvalue weighted by Crippen LogP contribution is -2.52. The van der Waals surface area contributed by atoms with Gasteiger partial charge in [-0.3, -0.25) is 9.89 Å². The summed E-state index contributed by atoms with van der Waals surface area (Å²) in [5.74, 6) is 0.968. The van der Waals surface area contributed by atoms with E-state index in [9.17, 15) is 0 Å². The van der Waals surface area contributed by atoms with E-state index in [0.29, 0.717) is 10.8 Å². The maximum atomic E-state index is 5.55. The number of rotatable bonds is 9. The second kappa shape index (κ2) is 10.8. The quantitative estimate of drug-likeness (QED) is 0.465. The molecule has 0 aromatic rings. The minimum atomic E-state index is 0.372. The molecule has 3 rings (SSSR count). The van der Waals surface area contributed by atoms with Crippen molar-refractivity contribution in [1.82, 2.24) is 15.5 Å². The zero-order valence-corrected chi connectivity index (χ0v) is 18.2. The van der Waals surface area contributed by atoms with Crippen molar-refractivity contribution in [1.29, 1.82) is 0 Å². The van der Waals surface area contributed by atoms with Gasteiger partial charge < -0.3 is 20.1 Å². The van der Waals surface area contributed by atoms with Gasteiger partial charge in [0.25, 0.3) is 0 Å². The molecule has 1 aliphatic heterocycles. The van der Waals surface area contributed by atoms with Crippen LogP contribution in [0.25, 0.3) is 0 Å². The summed E-state index contributed by atoms with van der Waals surface area (Å²) < 4.78 is 10.9. The number of ether oxygens (including phenoxy) is 2. The monoisotopic (exact) mass is 394 g/mol. The fourth-order valence-corrected chi connectivity index (χ4v) is 5.20. The van der Waals surface area contributed by atoms with Crippen LogP contribution in [0.1, 0.15) is 57.8 Å². The number of guanidine groups is 1. The summed E-state index contributed by atoms with van der Waals surface area (Å²) in [6.45, 7) is 8.01. The zero-order valence-electron chi connectivity index (χ0n) is 18.2. The number of nitrogens with zero attached hydrogens (tertiary/aromatic N) is 2. The molecule has 6 heteroatoms. The highest BCUT2D eigenvalue weighted by atomic mass is 16.5. The van der Waals surface area contributed by atoms with Crippen LogP contribution in [0.5, 0.6) is 0 Å². The van der Waals surface area contributed by atoms with Gasteiger partial charge in [-0.2, -0.15) is 0 Å². The van der Waals surface area contributed by atoms with Crippen molar-refractivity contribution < 1.29 is 9.47 Å². The van der Waals surface area contributed by atoms with Crippen molar-refractivity contribution in [2.45, 2.75) is 57.8 Å². The van der Waals surface area contributed by atoms with Crippen LogP contribution < -0.4 is 10.6 Å². The van der Waals surface area contributed by atoms with Gasteiger partial charge >= 0.3 is 0 Å². The van der Waals surface area contributed by atoms with Crippen molar-refractivity contribution in [2.75, 3.05) is 66.7 Å². The maximum absolute atomic E-state index is 5.55. The lowest BCUT2D eigenvalue weighted by molar-refractivity contribution is 0.00817. The van der Waals surface area contributed by atoms with E-state index in [-0.39, 0.29) is 0 Å². The predicted molar refractivity (Wildman–Crippen MR) is 115 cm³/mol. The Morgan fingerprint density at radius 3 is 2.18 bits per heavy atom. The highest BCUT2D eigenvalue weighted by molar-refractivity contribution is 5.79. The zero-order chi connectivity index (χ0) is 19.7. The van der Waals surface area contributed by atoms with E-state index in [0.717, 1.165) is 58.4 Å². The van der Waals surface area contributed by atoms with Gasteiger partial charge in [0.15, 0.2) is 5.96 Å². The molecule has 3 aliphatic rings. The third-order valence-corrected chi connectivity index (χ3v) is 7.31. The Labute approximate surface area is 171 Å². The van der Waals surface area contributed by atoms with Crippen LogP contribution >= 0.6 is 0 Å². The van der Waals surface area contributed by atoms with Crippen molar-refractivity contribution >= 4 is 5.96 Å². The van der Waals surface area contributed by atoms with E-state index < -0.39 is 0 Å². The summed E-state index contributed by atoms with van der Waals surface area (Å²) in [5.41, 5.74) is 0.779. The summed E-state index contributed by atoms with van der Waals surface area (Å²) in [7, 11) is 3.70. The normalized spacial score (nSPS) is 25.1. The van der Waals surface area contributed by atoms with E-state index in [1.807, 2.05) is 7.05 Å². The largest absolute Gasteiger partial charge is 0.385 e. The average Bonchev–Trinajstić information content (AvgIpc) is 2.70. The van der Waals surface area contributed by atoms with Gasteiger partial charge in [0, 0.05) is 58.9 Å². The molecule has 0 atom stereocenters. The van der Waals surface area contributed by atoms with Crippen molar-refractivity contribution in [2.24, 2.45) is 15.8 Å². The number of aliphatic imine (C=N–C) groups is 1. The van der Waals surface area contributed by atoms with E-state index in [1.54, 1.807) is 7.11 Å². The number of morpholine rings is 1. The minimum absolute atomic E-state index is 0.372. The van der Waals surface area contributed by atoms with Gasteiger partial charge in [0.05, 0.1) is 13.2 Å². The number of nitrogens with one attached hydrogen (secondary N) is 2. The second-order valence-electron chi connectivity index (χ2n) is 9.32. The Morgan fingerprint density at radius 2 is 1.61 bits per heavy atom. The number of hydrogen-bond acceptors (Lipinski definition) is 4. The standard InChI is InChI=1S/C22H42N4O2/c1-23-20(24-17-21(9-6-10-21)11-14-27-2)25-18-22(7-4-3-5-8-22)19-26-12-15-28-16-13-26/h3-19H2,1-2H3,(H2,23,24,25). The van der Waals surface area contributed by atoms with E-state index in [4.69, 9.17) is 9.47 Å². The smallest absolute Gasteiger partial charge is 0.191 e. The lowest BCUT2D eigenvalue weighted by atomic mass is 9.67. The third-order valence-electron chi connectivity index (χ3n) is 7.31. The molecule has 1 saturated heterocycles. The Morgan fingerprint density at radius 1 is 0.964 bits per heavy atom. The number of hydrogen-bond donors (Lipinski definition) is 2. The van der Waals surface area contributed by atoms with Crippen LogP contribution in [0.4, 0.5) is 0 Å². The highest BCUT2D eigenvalue weighted by Gasteiger charge is 2.37. The summed E-state index contributed by atoms with van der Waals surface area (Å²) in [4.78, 5) is 7.13. The fourth-order valence-electron chi connectivity index (χ4n) is 5.20. The molecule has 2 N–H and O–H groups in total. The van der Waals surface area contributed by atoms with Crippen LogP contribution in [0.15, 0.2) is 4.99 Å². The fraction of sp³-hybridized carbons (Fsp3) is 0.955. The lowest BCUT2D eigenvalue weighted by Gasteiger charge is -2.43. The molecule has 2 saturated carbocycles. The maximum Gasteiger partial charge on any atom is 0.191 e. The summed E-state index contributed by atoms with van der Waals surface area (Å²) in [5, 5.41) is 7.33. The van der Waals surface area contributed by atoms with Gasteiger partial charge in [0.2, 0.25) is 0 Å². The molecule has 162 valence electrons. The predicted octanol–water partition coefficient (Wildman–Crippen LogP) is 2.64. The molecule has 0 aromatic heterocycles. The first-order valence-electron chi connectivity index (χ1n) is 11.4. The molecule has 0 bridgehead atoms. The topological polar surface area (TPSA) is 58.1 Å². The van der Waals surface area contributed by atoms with Crippen molar-refractivity contribution in [3.05, 3.63) is 0 Å². The van der Waals surface area contributed by atoms with Crippen LogP contribution in [0, 0.1) is 10.8 Å². The van der Waals surface area contributed by atoms with E-state index in [2.05, 4.69) is 20.5 Å². The minimum Gasteiger partial charge on any atom is -0.385 e.